The second-order valence-corrected chi connectivity index (χ2v) is 4.32. The maximum atomic E-state index is 12.2. The average molecular weight is 272 g/mol. The number of likely N-dealkylation sites (N-methyl/N-ethyl adjacent to an activating group) is 1. The lowest BCUT2D eigenvalue weighted by molar-refractivity contribution is 0.622. The van der Waals surface area contributed by atoms with E-state index in [1.807, 2.05) is 0 Å². The van der Waals surface area contributed by atoms with Crippen LogP contribution in [0, 0.1) is 0 Å². The highest BCUT2D eigenvalue weighted by molar-refractivity contribution is 6.35. The molecule has 1 heterocycles. The molecule has 17 heavy (non-hydrogen) atoms. The third-order valence-electron chi connectivity index (χ3n) is 2.47. The maximum absolute atomic E-state index is 12.2. The van der Waals surface area contributed by atoms with E-state index in [2.05, 4.69) is 10.3 Å². The van der Waals surface area contributed by atoms with Gasteiger partial charge in [0.25, 0.3) is 5.56 Å². The molecule has 1 N–H and O–H groups in total. The number of nitrogens with one attached hydrogen (secondary N) is 1. The van der Waals surface area contributed by atoms with Crippen molar-refractivity contribution in [2.45, 2.75) is 6.54 Å². The van der Waals surface area contributed by atoms with E-state index in [9.17, 15) is 4.79 Å². The number of fused-ring (bicyclic) bond motifs is 1. The van der Waals surface area contributed by atoms with Crippen LogP contribution in [0.15, 0.2) is 23.0 Å². The van der Waals surface area contributed by atoms with Crippen LogP contribution in [-0.4, -0.2) is 23.1 Å². The minimum Gasteiger partial charge on any atom is -0.318 e. The first kappa shape index (κ1) is 12.4. The molecule has 2 rings (SSSR count). The summed E-state index contributed by atoms with van der Waals surface area (Å²) in [5, 5.41) is 3.94. The predicted molar refractivity (Wildman–Crippen MR) is 69.9 cm³/mol. The van der Waals surface area contributed by atoms with Gasteiger partial charge in [0.05, 0.1) is 15.9 Å². The van der Waals surface area contributed by atoms with Crippen LogP contribution >= 0.6 is 23.2 Å². The first-order chi connectivity index (χ1) is 8.15. The molecule has 2 aromatic rings. The third kappa shape index (κ3) is 2.29. The molecular formula is C11H11Cl2N3O. The number of aromatic nitrogens is 2. The molecular weight excluding hydrogens is 261 g/mol. The second-order valence-electron chi connectivity index (χ2n) is 3.58. The summed E-state index contributed by atoms with van der Waals surface area (Å²) >= 11 is 12.0. The average Bonchev–Trinajstić information content (AvgIpc) is 2.28. The Bertz CT molecular complexity index is 609. The van der Waals surface area contributed by atoms with E-state index >= 15 is 0 Å². The second kappa shape index (κ2) is 5.04. The van der Waals surface area contributed by atoms with Crippen LogP contribution in [0.25, 0.3) is 10.9 Å². The topological polar surface area (TPSA) is 46.9 Å². The lowest BCUT2D eigenvalue weighted by Crippen LogP contribution is -2.27. The van der Waals surface area contributed by atoms with Crippen LogP contribution < -0.4 is 10.9 Å². The zero-order valence-corrected chi connectivity index (χ0v) is 10.7. The van der Waals surface area contributed by atoms with Crippen molar-refractivity contribution in [3.8, 4) is 0 Å². The Morgan fingerprint density at radius 3 is 2.88 bits per heavy atom. The Balaban J connectivity index is 2.70. The van der Waals surface area contributed by atoms with Gasteiger partial charge in [-0.15, -0.1) is 0 Å². The van der Waals surface area contributed by atoms with Crippen molar-refractivity contribution in [1.29, 1.82) is 0 Å². The molecule has 90 valence electrons. The Morgan fingerprint density at radius 1 is 1.41 bits per heavy atom. The largest absolute Gasteiger partial charge is 0.318 e. The molecule has 0 amide bonds. The minimum atomic E-state index is -0.208. The summed E-state index contributed by atoms with van der Waals surface area (Å²) in [5.41, 5.74) is 0.314. The number of hydrogen-bond donors (Lipinski definition) is 1. The molecule has 0 aliphatic rings. The minimum absolute atomic E-state index is 0.181. The predicted octanol–water partition coefficient (Wildman–Crippen LogP) is 1.92. The van der Waals surface area contributed by atoms with Gasteiger partial charge in [-0.3, -0.25) is 9.36 Å². The summed E-state index contributed by atoms with van der Waals surface area (Å²) in [6.07, 6.45) is 0. The van der Waals surface area contributed by atoms with Crippen molar-refractivity contribution in [1.82, 2.24) is 14.9 Å². The Morgan fingerprint density at radius 2 is 2.18 bits per heavy atom. The first-order valence-electron chi connectivity index (χ1n) is 5.14. The van der Waals surface area contributed by atoms with Gasteiger partial charge in [-0.1, -0.05) is 17.7 Å². The van der Waals surface area contributed by atoms with Crippen LogP contribution in [0.3, 0.4) is 0 Å². The summed E-state index contributed by atoms with van der Waals surface area (Å²) in [5.74, 6) is 0. The molecule has 1 aromatic heterocycles. The van der Waals surface area contributed by atoms with Gasteiger partial charge in [0.15, 0.2) is 0 Å². The van der Waals surface area contributed by atoms with Gasteiger partial charge < -0.3 is 5.32 Å². The van der Waals surface area contributed by atoms with Crippen molar-refractivity contribution in [3.63, 3.8) is 0 Å². The quantitative estimate of drug-likeness (QED) is 0.868. The van der Waals surface area contributed by atoms with E-state index < -0.39 is 0 Å². The molecule has 0 spiro atoms. The van der Waals surface area contributed by atoms with E-state index in [0.29, 0.717) is 29.0 Å². The van der Waals surface area contributed by atoms with Crippen molar-refractivity contribution >= 4 is 34.1 Å². The molecule has 1 aromatic carbocycles. The standard InChI is InChI=1S/C11H11Cl2N3O/c1-14-5-6-16-10(17)9-7(12)3-2-4-8(9)15-11(16)13/h2-4,14H,5-6H2,1H3. The number of halogens is 2. The molecule has 0 unspecified atom stereocenters. The summed E-state index contributed by atoms with van der Waals surface area (Å²) < 4.78 is 1.41. The lowest BCUT2D eigenvalue weighted by Gasteiger charge is -2.09. The molecule has 0 bridgehead atoms. The molecule has 0 aliphatic carbocycles. The van der Waals surface area contributed by atoms with E-state index in [-0.39, 0.29) is 10.8 Å². The fourth-order valence-corrected chi connectivity index (χ4v) is 2.12. The van der Waals surface area contributed by atoms with Gasteiger partial charge in [0.1, 0.15) is 0 Å². The van der Waals surface area contributed by atoms with Crippen molar-refractivity contribution in [3.05, 3.63) is 38.9 Å². The van der Waals surface area contributed by atoms with E-state index in [1.165, 1.54) is 4.57 Å². The summed E-state index contributed by atoms with van der Waals surface area (Å²) in [7, 11) is 1.81. The summed E-state index contributed by atoms with van der Waals surface area (Å²) in [6.45, 7) is 1.10. The molecule has 4 nitrogen and oxygen atoms in total. The zero-order valence-electron chi connectivity index (χ0n) is 9.20. The SMILES string of the molecule is CNCCn1c(Cl)nc2cccc(Cl)c2c1=O. The monoisotopic (exact) mass is 271 g/mol. The number of rotatable bonds is 3. The van der Waals surface area contributed by atoms with Gasteiger partial charge in [-0.2, -0.15) is 0 Å². The van der Waals surface area contributed by atoms with Crippen molar-refractivity contribution in [2.75, 3.05) is 13.6 Å². The highest BCUT2D eigenvalue weighted by atomic mass is 35.5. The molecule has 0 radical (unpaired) electrons. The van der Waals surface area contributed by atoms with Crippen LogP contribution in [0.5, 0.6) is 0 Å². The fourth-order valence-electron chi connectivity index (χ4n) is 1.61. The molecule has 0 aliphatic heterocycles. The van der Waals surface area contributed by atoms with Gasteiger partial charge in [-0.05, 0) is 30.8 Å². The summed E-state index contributed by atoms with van der Waals surface area (Å²) in [6, 6.07) is 5.13. The van der Waals surface area contributed by atoms with Gasteiger partial charge >= 0.3 is 0 Å². The molecule has 0 saturated carbocycles. The van der Waals surface area contributed by atoms with Gasteiger partial charge in [0.2, 0.25) is 5.28 Å². The fraction of sp³-hybridized carbons (Fsp3) is 0.273. The third-order valence-corrected chi connectivity index (χ3v) is 3.08. The van der Waals surface area contributed by atoms with Crippen LogP contribution in [-0.2, 0) is 6.54 Å². The van der Waals surface area contributed by atoms with Gasteiger partial charge in [0, 0.05) is 13.1 Å². The first-order valence-corrected chi connectivity index (χ1v) is 5.90. The lowest BCUT2D eigenvalue weighted by atomic mass is 10.2. The number of benzene rings is 1. The Hall–Kier alpha value is -1.10. The molecule has 0 saturated heterocycles. The maximum Gasteiger partial charge on any atom is 0.263 e. The van der Waals surface area contributed by atoms with Gasteiger partial charge in [-0.25, -0.2) is 4.98 Å². The van der Waals surface area contributed by atoms with Crippen molar-refractivity contribution < 1.29 is 0 Å². The Kier molecular flexibility index (Phi) is 3.66. The van der Waals surface area contributed by atoms with E-state index in [4.69, 9.17) is 23.2 Å². The molecule has 0 fully saturated rings. The molecule has 6 heteroatoms. The summed E-state index contributed by atoms with van der Waals surface area (Å²) in [4.78, 5) is 16.4. The normalized spacial score (nSPS) is 11.0. The smallest absolute Gasteiger partial charge is 0.263 e. The number of hydrogen-bond acceptors (Lipinski definition) is 3. The number of nitrogens with zero attached hydrogens (tertiary/aromatic N) is 2. The highest BCUT2D eigenvalue weighted by Crippen LogP contribution is 2.19. The Labute approximate surface area is 108 Å². The zero-order chi connectivity index (χ0) is 12.4. The molecule has 0 atom stereocenters. The van der Waals surface area contributed by atoms with Crippen LogP contribution in [0.2, 0.25) is 10.3 Å². The van der Waals surface area contributed by atoms with Crippen molar-refractivity contribution in [2.24, 2.45) is 0 Å². The van der Waals surface area contributed by atoms with E-state index in [1.54, 1.807) is 25.2 Å². The van der Waals surface area contributed by atoms with E-state index in [0.717, 1.165) is 0 Å². The highest BCUT2D eigenvalue weighted by Gasteiger charge is 2.11. The van der Waals surface area contributed by atoms with Crippen LogP contribution in [0.4, 0.5) is 0 Å². The van der Waals surface area contributed by atoms with Crippen LogP contribution in [0.1, 0.15) is 0 Å².